The summed E-state index contributed by atoms with van der Waals surface area (Å²) in [5.74, 6) is 1.34. The number of nitrogens with zero attached hydrogens (tertiary/aromatic N) is 3. The molecule has 1 fully saturated rings. The number of nitrogens with one attached hydrogen (secondary N) is 1. The van der Waals surface area contributed by atoms with E-state index in [1.807, 2.05) is 18.0 Å². The van der Waals surface area contributed by atoms with Crippen LogP contribution in [0.15, 0.2) is 17.1 Å². The highest BCUT2D eigenvalue weighted by Crippen LogP contribution is 2.26. The third-order valence-electron chi connectivity index (χ3n) is 3.24. The molecule has 0 saturated carbocycles. The van der Waals surface area contributed by atoms with Crippen LogP contribution in [0.3, 0.4) is 0 Å². The lowest BCUT2D eigenvalue weighted by molar-refractivity contribution is 0.0785. The van der Waals surface area contributed by atoms with Gasteiger partial charge in [0.2, 0.25) is 0 Å². The molecular formula is C12H14N4OS. The van der Waals surface area contributed by atoms with E-state index in [1.165, 1.54) is 11.3 Å². The molecule has 0 bridgehead atoms. The standard InChI is InChI=1S/C12H14N4OS/c1-8-4-13-11(15-8)9-2-3-16(5-9)12(17)10-6-18-7-14-10/h4,6-7,9H,2-3,5H2,1H3,(H,13,15)/t9-/m1/s1. The predicted octanol–water partition coefficient (Wildman–Crippen LogP) is 1.80. The second-order valence-corrected chi connectivity index (χ2v) is 5.28. The van der Waals surface area contributed by atoms with Gasteiger partial charge in [-0.2, -0.15) is 0 Å². The summed E-state index contributed by atoms with van der Waals surface area (Å²) in [6.07, 6.45) is 2.79. The number of carbonyl (C=O) groups excluding carboxylic acids is 1. The van der Waals surface area contributed by atoms with Crippen molar-refractivity contribution in [2.24, 2.45) is 0 Å². The van der Waals surface area contributed by atoms with Gasteiger partial charge in [0.1, 0.15) is 11.5 Å². The zero-order chi connectivity index (χ0) is 12.5. The Balaban J connectivity index is 1.70. The smallest absolute Gasteiger partial charge is 0.273 e. The van der Waals surface area contributed by atoms with Crippen LogP contribution < -0.4 is 0 Å². The van der Waals surface area contributed by atoms with Crippen molar-refractivity contribution in [3.8, 4) is 0 Å². The maximum atomic E-state index is 12.1. The highest BCUT2D eigenvalue weighted by atomic mass is 32.1. The maximum absolute atomic E-state index is 12.1. The lowest BCUT2D eigenvalue weighted by Gasteiger charge is -2.14. The van der Waals surface area contributed by atoms with Crippen molar-refractivity contribution in [1.82, 2.24) is 19.9 Å². The first-order valence-corrected chi connectivity index (χ1v) is 6.87. The van der Waals surface area contributed by atoms with Crippen molar-refractivity contribution in [2.45, 2.75) is 19.3 Å². The summed E-state index contributed by atoms with van der Waals surface area (Å²) in [5, 5.41) is 1.80. The number of thiazole rings is 1. The zero-order valence-electron chi connectivity index (χ0n) is 10.1. The van der Waals surface area contributed by atoms with Gasteiger partial charge in [-0.1, -0.05) is 0 Å². The van der Waals surface area contributed by atoms with Gasteiger partial charge in [0.05, 0.1) is 5.51 Å². The number of imidazole rings is 1. The Morgan fingerprint density at radius 2 is 2.44 bits per heavy atom. The highest BCUT2D eigenvalue weighted by Gasteiger charge is 2.30. The Hall–Kier alpha value is -1.69. The van der Waals surface area contributed by atoms with Crippen LogP contribution in [-0.2, 0) is 0 Å². The van der Waals surface area contributed by atoms with E-state index in [0.29, 0.717) is 11.6 Å². The molecule has 5 nitrogen and oxygen atoms in total. The molecule has 2 aromatic rings. The largest absolute Gasteiger partial charge is 0.346 e. The molecule has 94 valence electrons. The van der Waals surface area contributed by atoms with Crippen LogP contribution in [0.4, 0.5) is 0 Å². The molecule has 1 aliphatic heterocycles. The van der Waals surface area contributed by atoms with Crippen molar-refractivity contribution in [3.05, 3.63) is 34.3 Å². The van der Waals surface area contributed by atoms with Gasteiger partial charge in [0, 0.05) is 36.3 Å². The van der Waals surface area contributed by atoms with Gasteiger partial charge >= 0.3 is 0 Å². The number of hydrogen-bond acceptors (Lipinski definition) is 4. The highest BCUT2D eigenvalue weighted by molar-refractivity contribution is 7.07. The molecule has 18 heavy (non-hydrogen) atoms. The number of rotatable bonds is 2. The summed E-state index contributed by atoms with van der Waals surface area (Å²) in [6, 6.07) is 0. The number of amides is 1. The topological polar surface area (TPSA) is 61.9 Å². The quantitative estimate of drug-likeness (QED) is 0.897. The van der Waals surface area contributed by atoms with E-state index in [-0.39, 0.29) is 5.91 Å². The Labute approximate surface area is 109 Å². The van der Waals surface area contributed by atoms with E-state index < -0.39 is 0 Å². The van der Waals surface area contributed by atoms with E-state index in [9.17, 15) is 4.79 Å². The van der Waals surface area contributed by atoms with Crippen molar-refractivity contribution in [3.63, 3.8) is 0 Å². The summed E-state index contributed by atoms with van der Waals surface area (Å²) in [6.45, 7) is 3.49. The number of aryl methyl sites for hydroxylation is 1. The van der Waals surface area contributed by atoms with Gasteiger partial charge in [0.25, 0.3) is 5.91 Å². The van der Waals surface area contributed by atoms with E-state index >= 15 is 0 Å². The molecule has 0 radical (unpaired) electrons. The van der Waals surface area contributed by atoms with Crippen molar-refractivity contribution in [2.75, 3.05) is 13.1 Å². The Kier molecular flexibility index (Phi) is 2.87. The molecule has 6 heteroatoms. The second kappa shape index (κ2) is 4.53. The first kappa shape index (κ1) is 11.4. The molecule has 1 amide bonds. The molecule has 0 spiro atoms. The lowest BCUT2D eigenvalue weighted by Crippen LogP contribution is -2.28. The van der Waals surface area contributed by atoms with Crippen LogP contribution in [0, 0.1) is 6.92 Å². The second-order valence-electron chi connectivity index (χ2n) is 4.56. The molecule has 1 N–H and O–H groups in total. The normalized spacial score (nSPS) is 19.4. The molecule has 0 aliphatic carbocycles. The van der Waals surface area contributed by atoms with Crippen LogP contribution in [0.2, 0.25) is 0 Å². The zero-order valence-corrected chi connectivity index (χ0v) is 10.9. The number of likely N-dealkylation sites (tertiary alicyclic amines) is 1. The summed E-state index contributed by atoms with van der Waals surface area (Å²) in [4.78, 5) is 25.7. The Bertz CT molecular complexity index is 548. The first-order valence-electron chi connectivity index (χ1n) is 5.93. The summed E-state index contributed by atoms with van der Waals surface area (Å²) < 4.78 is 0. The average Bonchev–Trinajstić information content (AvgIpc) is 3.09. The Morgan fingerprint density at radius 1 is 1.56 bits per heavy atom. The van der Waals surface area contributed by atoms with Gasteiger partial charge in [-0.25, -0.2) is 9.97 Å². The minimum atomic E-state index is 0.0297. The average molecular weight is 262 g/mol. The van der Waals surface area contributed by atoms with Crippen LogP contribution in [0.1, 0.15) is 34.3 Å². The van der Waals surface area contributed by atoms with Gasteiger partial charge in [-0.15, -0.1) is 11.3 Å². The third kappa shape index (κ3) is 2.03. The minimum Gasteiger partial charge on any atom is -0.346 e. The predicted molar refractivity (Wildman–Crippen MR) is 68.7 cm³/mol. The molecular weight excluding hydrogens is 248 g/mol. The van der Waals surface area contributed by atoms with Crippen LogP contribution in [0.25, 0.3) is 0 Å². The molecule has 3 heterocycles. The van der Waals surface area contributed by atoms with E-state index in [4.69, 9.17) is 0 Å². The molecule has 0 unspecified atom stereocenters. The SMILES string of the molecule is Cc1cnc([C@@H]2CCN(C(=O)c3cscn3)C2)[nH]1. The van der Waals surface area contributed by atoms with Gasteiger partial charge in [-0.3, -0.25) is 4.79 Å². The number of H-pyrrole nitrogens is 1. The van der Waals surface area contributed by atoms with E-state index in [1.54, 1.807) is 10.9 Å². The minimum absolute atomic E-state index is 0.0297. The van der Waals surface area contributed by atoms with Gasteiger partial charge < -0.3 is 9.88 Å². The molecule has 1 atom stereocenters. The lowest BCUT2D eigenvalue weighted by atomic mass is 10.1. The Morgan fingerprint density at radius 3 is 3.11 bits per heavy atom. The number of carbonyl (C=O) groups is 1. The molecule has 2 aromatic heterocycles. The van der Waals surface area contributed by atoms with Crippen molar-refractivity contribution >= 4 is 17.2 Å². The fraction of sp³-hybridized carbons (Fsp3) is 0.417. The fourth-order valence-corrected chi connectivity index (χ4v) is 2.81. The number of aromatic nitrogens is 3. The number of hydrogen-bond donors (Lipinski definition) is 1. The monoisotopic (exact) mass is 262 g/mol. The van der Waals surface area contributed by atoms with Gasteiger partial charge in [-0.05, 0) is 13.3 Å². The van der Waals surface area contributed by atoms with Gasteiger partial charge in [0.15, 0.2) is 0 Å². The maximum Gasteiger partial charge on any atom is 0.273 e. The molecule has 1 saturated heterocycles. The van der Waals surface area contributed by atoms with E-state index in [0.717, 1.165) is 31.0 Å². The molecule has 3 rings (SSSR count). The van der Waals surface area contributed by atoms with Crippen LogP contribution in [0.5, 0.6) is 0 Å². The number of aromatic amines is 1. The van der Waals surface area contributed by atoms with Crippen LogP contribution in [-0.4, -0.2) is 38.8 Å². The molecule has 0 aromatic carbocycles. The third-order valence-corrected chi connectivity index (χ3v) is 3.82. The molecule has 1 aliphatic rings. The van der Waals surface area contributed by atoms with Crippen LogP contribution >= 0.6 is 11.3 Å². The fourth-order valence-electron chi connectivity index (χ4n) is 2.29. The van der Waals surface area contributed by atoms with E-state index in [2.05, 4.69) is 15.0 Å². The summed E-state index contributed by atoms with van der Waals surface area (Å²) >= 11 is 1.45. The summed E-state index contributed by atoms with van der Waals surface area (Å²) in [5.41, 5.74) is 3.31. The summed E-state index contributed by atoms with van der Waals surface area (Å²) in [7, 11) is 0. The van der Waals surface area contributed by atoms with Crippen molar-refractivity contribution < 1.29 is 4.79 Å². The first-order chi connectivity index (χ1) is 8.74. The van der Waals surface area contributed by atoms with Crippen molar-refractivity contribution in [1.29, 1.82) is 0 Å².